The highest BCUT2D eigenvalue weighted by Gasteiger charge is 2.49. The summed E-state index contributed by atoms with van der Waals surface area (Å²) in [6.45, 7) is 0. The predicted molar refractivity (Wildman–Crippen MR) is 59.9 cm³/mol. The normalized spacial score (nSPS) is 20.8. The van der Waals surface area contributed by atoms with E-state index < -0.39 is 5.60 Å². The number of ether oxygens (including phenoxy) is 1. The van der Waals surface area contributed by atoms with Gasteiger partial charge in [-0.15, -0.1) is 0 Å². The van der Waals surface area contributed by atoms with Gasteiger partial charge in [-0.1, -0.05) is 0 Å². The minimum absolute atomic E-state index is 0.121. The molecule has 3 rings (SSSR count). The Hall–Kier alpha value is -1.10. The van der Waals surface area contributed by atoms with Crippen molar-refractivity contribution < 1.29 is 13.9 Å². The third-order valence-corrected chi connectivity index (χ3v) is 3.76. The zero-order chi connectivity index (χ0) is 11.3. The number of fused-ring (bicyclic) bond motifs is 1. The molecule has 1 N–H and O–H groups in total. The van der Waals surface area contributed by atoms with Crippen LogP contribution in [0, 0.1) is 5.82 Å². The molecule has 84 valence electrons. The van der Waals surface area contributed by atoms with Crippen LogP contribution < -0.4 is 10.1 Å². The van der Waals surface area contributed by atoms with Crippen molar-refractivity contribution in [2.45, 2.75) is 24.9 Å². The fourth-order valence-electron chi connectivity index (χ4n) is 2.03. The van der Waals surface area contributed by atoms with Crippen LogP contribution in [0.2, 0.25) is 0 Å². The van der Waals surface area contributed by atoms with Crippen molar-refractivity contribution >= 4 is 27.5 Å². The second-order valence-corrected chi connectivity index (χ2v) is 5.02. The molecule has 1 aliphatic heterocycles. The maximum atomic E-state index is 13.3. The number of nitrogens with one attached hydrogen (secondary N) is 1. The largest absolute Gasteiger partial charge is 0.475 e. The van der Waals surface area contributed by atoms with Gasteiger partial charge < -0.3 is 10.1 Å². The van der Waals surface area contributed by atoms with Crippen molar-refractivity contribution in [1.29, 1.82) is 0 Å². The Morgan fingerprint density at radius 1 is 1.44 bits per heavy atom. The molecule has 3 nitrogen and oxygen atoms in total. The van der Waals surface area contributed by atoms with Gasteiger partial charge in [0, 0.05) is 6.07 Å². The second kappa shape index (κ2) is 3.20. The van der Waals surface area contributed by atoms with Gasteiger partial charge in [0.1, 0.15) is 11.6 Å². The van der Waals surface area contributed by atoms with Crippen molar-refractivity contribution in [2.24, 2.45) is 0 Å². The summed E-state index contributed by atoms with van der Waals surface area (Å²) in [6.07, 6.45) is 2.38. The molecule has 1 aromatic rings. The predicted octanol–water partition coefficient (Wildman–Crippen LogP) is 2.84. The second-order valence-electron chi connectivity index (χ2n) is 4.17. The quantitative estimate of drug-likeness (QED) is 0.796. The average molecular weight is 286 g/mol. The molecule has 1 fully saturated rings. The van der Waals surface area contributed by atoms with Crippen LogP contribution in [-0.4, -0.2) is 11.5 Å². The third kappa shape index (κ3) is 1.27. The van der Waals surface area contributed by atoms with Gasteiger partial charge in [0.05, 0.1) is 10.2 Å². The van der Waals surface area contributed by atoms with E-state index in [9.17, 15) is 9.18 Å². The van der Waals surface area contributed by atoms with Crippen LogP contribution in [0.1, 0.15) is 19.3 Å². The van der Waals surface area contributed by atoms with Crippen LogP contribution in [0.15, 0.2) is 16.6 Å². The average Bonchev–Trinajstić information content (AvgIpc) is 2.17. The van der Waals surface area contributed by atoms with Crippen LogP contribution in [0.5, 0.6) is 5.75 Å². The van der Waals surface area contributed by atoms with Crippen molar-refractivity contribution in [2.75, 3.05) is 5.32 Å². The van der Waals surface area contributed by atoms with E-state index in [4.69, 9.17) is 4.74 Å². The van der Waals surface area contributed by atoms with Gasteiger partial charge >= 0.3 is 0 Å². The van der Waals surface area contributed by atoms with E-state index in [0.717, 1.165) is 6.42 Å². The monoisotopic (exact) mass is 285 g/mol. The number of carbonyl (C=O) groups is 1. The summed E-state index contributed by atoms with van der Waals surface area (Å²) in [7, 11) is 0. The van der Waals surface area contributed by atoms with Crippen molar-refractivity contribution in [3.63, 3.8) is 0 Å². The molecule has 2 aliphatic rings. The third-order valence-electron chi connectivity index (χ3n) is 3.15. The van der Waals surface area contributed by atoms with Crippen LogP contribution in [-0.2, 0) is 4.79 Å². The maximum absolute atomic E-state index is 13.3. The Kier molecular flexibility index (Phi) is 2.01. The van der Waals surface area contributed by atoms with Gasteiger partial charge in [0.2, 0.25) is 0 Å². The number of halogens is 2. The molecular formula is C11H9BrFNO2. The lowest BCUT2D eigenvalue weighted by Crippen LogP contribution is -2.55. The molecule has 0 unspecified atom stereocenters. The number of rotatable bonds is 0. The smallest absolute Gasteiger partial charge is 0.268 e. The summed E-state index contributed by atoms with van der Waals surface area (Å²) >= 11 is 3.07. The maximum Gasteiger partial charge on any atom is 0.268 e. The fourth-order valence-corrected chi connectivity index (χ4v) is 2.37. The SMILES string of the molecule is O=C1Nc2cc(Br)c(F)cc2OC12CCC2. The Labute approximate surface area is 100 Å². The molecule has 0 aromatic heterocycles. The molecule has 0 radical (unpaired) electrons. The lowest BCUT2D eigenvalue weighted by molar-refractivity contribution is -0.139. The number of anilines is 1. The molecule has 0 atom stereocenters. The zero-order valence-corrected chi connectivity index (χ0v) is 9.93. The van der Waals surface area contributed by atoms with Gasteiger partial charge in [-0.3, -0.25) is 4.79 Å². The first-order valence-corrected chi connectivity index (χ1v) is 5.90. The fraction of sp³-hybridized carbons (Fsp3) is 0.364. The van der Waals surface area contributed by atoms with Crippen molar-refractivity contribution in [3.05, 3.63) is 22.4 Å². The van der Waals surface area contributed by atoms with E-state index in [0.29, 0.717) is 28.8 Å². The standard InChI is InChI=1S/C11H9BrFNO2/c12-6-4-8-9(5-7(6)13)16-11(2-1-3-11)10(15)14-8/h4-5H,1-3H2,(H,14,15). The zero-order valence-electron chi connectivity index (χ0n) is 8.35. The highest BCUT2D eigenvalue weighted by atomic mass is 79.9. The molecule has 1 aliphatic carbocycles. The molecule has 1 amide bonds. The Balaban J connectivity index is 2.05. The number of hydrogen-bond donors (Lipinski definition) is 1. The van der Waals surface area contributed by atoms with Crippen LogP contribution in [0.3, 0.4) is 0 Å². The Morgan fingerprint density at radius 3 is 2.81 bits per heavy atom. The highest BCUT2D eigenvalue weighted by molar-refractivity contribution is 9.10. The van der Waals surface area contributed by atoms with E-state index in [1.807, 2.05) is 0 Å². The first-order valence-electron chi connectivity index (χ1n) is 5.10. The summed E-state index contributed by atoms with van der Waals surface area (Å²) in [5, 5.41) is 2.76. The molecule has 0 bridgehead atoms. The van der Waals surface area contributed by atoms with Crippen molar-refractivity contribution in [3.8, 4) is 5.75 Å². The first kappa shape index (κ1) is 10.1. The van der Waals surface area contributed by atoms with Gasteiger partial charge in [-0.05, 0) is 41.3 Å². The van der Waals surface area contributed by atoms with Gasteiger partial charge in [-0.25, -0.2) is 4.39 Å². The summed E-state index contributed by atoms with van der Waals surface area (Å²) in [4.78, 5) is 11.8. The van der Waals surface area contributed by atoms with Crippen molar-refractivity contribution in [1.82, 2.24) is 0 Å². The Bertz CT molecular complexity index is 485. The molecule has 16 heavy (non-hydrogen) atoms. The number of carbonyl (C=O) groups excluding carboxylic acids is 1. The minimum atomic E-state index is -0.743. The highest BCUT2D eigenvalue weighted by Crippen LogP contribution is 2.44. The summed E-state index contributed by atoms with van der Waals surface area (Å²) in [6, 6.07) is 2.83. The van der Waals surface area contributed by atoms with Gasteiger partial charge in [-0.2, -0.15) is 0 Å². The van der Waals surface area contributed by atoms with Crippen LogP contribution in [0.4, 0.5) is 10.1 Å². The van der Waals surface area contributed by atoms with E-state index in [2.05, 4.69) is 21.2 Å². The molecular weight excluding hydrogens is 277 g/mol. The van der Waals surface area contributed by atoms with Crippen LogP contribution in [0.25, 0.3) is 0 Å². The van der Waals surface area contributed by atoms with Crippen LogP contribution >= 0.6 is 15.9 Å². The number of hydrogen-bond acceptors (Lipinski definition) is 2. The Morgan fingerprint density at radius 2 is 2.19 bits per heavy atom. The summed E-state index contributed by atoms with van der Waals surface area (Å²) in [5.74, 6) is -0.0888. The first-order chi connectivity index (χ1) is 7.61. The molecule has 1 heterocycles. The molecule has 1 spiro atoms. The summed E-state index contributed by atoms with van der Waals surface area (Å²) < 4.78 is 19.3. The van der Waals surface area contributed by atoms with E-state index in [1.165, 1.54) is 12.1 Å². The molecule has 1 saturated carbocycles. The molecule has 1 aromatic carbocycles. The number of benzene rings is 1. The van der Waals surface area contributed by atoms with E-state index >= 15 is 0 Å². The lowest BCUT2D eigenvalue weighted by Gasteiger charge is -2.43. The lowest BCUT2D eigenvalue weighted by atomic mass is 9.78. The number of amides is 1. The summed E-state index contributed by atoms with van der Waals surface area (Å²) in [5.41, 5.74) is -0.219. The minimum Gasteiger partial charge on any atom is -0.475 e. The van der Waals surface area contributed by atoms with E-state index in [-0.39, 0.29) is 11.7 Å². The van der Waals surface area contributed by atoms with E-state index in [1.54, 1.807) is 0 Å². The van der Waals surface area contributed by atoms with Gasteiger partial charge in [0.15, 0.2) is 5.60 Å². The topological polar surface area (TPSA) is 38.3 Å². The molecule has 5 heteroatoms. The molecule has 0 saturated heterocycles. The van der Waals surface area contributed by atoms with Gasteiger partial charge in [0.25, 0.3) is 5.91 Å².